The van der Waals surface area contributed by atoms with E-state index >= 15 is 0 Å². The molecule has 1 aliphatic heterocycles. The largest absolute Gasteiger partial charge is 0.388 e. The van der Waals surface area contributed by atoms with Crippen molar-refractivity contribution in [1.82, 2.24) is 14.7 Å². The minimum atomic E-state index is -0.749. The van der Waals surface area contributed by atoms with E-state index in [1.165, 1.54) is 5.56 Å². The van der Waals surface area contributed by atoms with Gasteiger partial charge in [0.05, 0.1) is 23.8 Å². The van der Waals surface area contributed by atoms with Crippen molar-refractivity contribution in [2.24, 2.45) is 0 Å². The third-order valence-corrected chi connectivity index (χ3v) is 7.73. The quantitative estimate of drug-likeness (QED) is 0.777. The molecule has 0 unspecified atom stereocenters. The number of β-amino-alcohol motifs (C(OH)–C–C–N with tert-alkyl or cyclic N) is 1. The van der Waals surface area contributed by atoms with Crippen LogP contribution in [0.5, 0.6) is 0 Å². The van der Waals surface area contributed by atoms with Crippen LogP contribution in [0, 0.1) is 11.3 Å². The molecule has 1 heterocycles. The number of amides is 2. The second-order valence-corrected chi connectivity index (χ2v) is 9.48. The van der Waals surface area contributed by atoms with Crippen LogP contribution in [-0.2, 0) is 5.54 Å². The monoisotopic (exact) mass is 396 g/mol. The summed E-state index contributed by atoms with van der Waals surface area (Å²) in [7, 11) is 4.28. The van der Waals surface area contributed by atoms with Crippen LogP contribution >= 0.6 is 0 Å². The van der Waals surface area contributed by atoms with Crippen molar-refractivity contribution in [3.8, 4) is 6.07 Å². The lowest BCUT2D eigenvalue weighted by Crippen LogP contribution is -2.59. The average molecular weight is 397 g/mol. The predicted molar refractivity (Wildman–Crippen MR) is 111 cm³/mol. The predicted octanol–water partition coefficient (Wildman–Crippen LogP) is 2.93. The van der Waals surface area contributed by atoms with E-state index in [9.17, 15) is 15.2 Å². The molecule has 29 heavy (non-hydrogen) atoms. The summed E-state index contributed by atoms with van der Waals surface area (Å²) < 4.78 is 0. The zero-order valence-corrected chi connectivity index (χ0v) is 17.6. The van der Waals surface area contributed by atoms with Gasteiger partial charge in [-0.3, -0.25) is 4.90 Å². The molecule has 3 aliphatic rings. The molecule has 2 aliphatic carbocycles. The fourth-order valence-corrected chi connectivity index (χ4v) is 5.66. The fourth-order valence-electron chi connectivity index (χ4n) is 5.66. The zero-order valence-electron chi connectivity index (χ0n) is 17.6. The van der Waals surface area contributed by atoms with Crippen LogP contribution in [0.3, 0.4) is 0 Å². The topological polar surface area (TPSA) is 70.8 Å². The van der Waals surface area contributed by atoms with Crippen LogP contribution in [0.1, 0.15) is 50.5 Å². The summed E-state index contributed by atoms with van der Waals surface area (Å²) in [5.74, 6) is 0. The number of nitrogens with zero attached hydrogens (tertiary/aromatic N) is 4. The van der Waals surface area contributed by atoms with Crippen LogP contribution in [0.4, 0.5) is 4.79 Å². The van der Waals surface area contributed by atoms with Crippen LogP contribution < -0.4 is 0 Å². The highest BCUT2D eigenvalue weighted by Crippen LogP contribution is 2.49. The number of rotatable bonds is 5. The summed E-state index contributed by atoms with van der Waals surface area (Å²) in [6.07, 6.45) is 6.20. The molecule has 1 aromatic carbocycles. The van der Waals surface area contributed by atoms with Gasteiger partial charge >= 0.3 is 6.03 Å². The molecule has 0 atom stereocenters. The Labute approximate surface area is 173 Å². The Morgan fingerprint density at radius 2 is 1.76 bits per heavy atom. The first kappa shape index (κ1) is 20.2. The lowest BCUT2D eigenvalue weighted by molar-refractivity contribution is -0.0725. The van der Waals surface area contributed by atoms with Crippen molar-refractivity contribution < 1.29 is 9.90 Å². The highest BCUT2D eigenvalue weighted by Gasteiger charge is 2.56. The van der Waals surface area contributed by atoms with Gasteiger partial charge in [-0.15, -0.1) is 0 Å². The van der Waals surface area contributed by atoms with E-state index in [1.807, 2.05) is 11.0 Å². The molecule has 1 saturated heterocycles. The number of hydrogen-bond donors (Lipinski definition) is 1. The van der Waals surface area contributed by atoms with Gasteiger partial charge in [-0.1, -0.05) is 30.3 Å². The summed E-state index contributed by atoms with van der Waals surface area (Å²) in [5.41, 5.74) is 0.244. The third-order valence-electron chi connectivity index (χ3n) is 7.73. The molecule has 1 N–H and O–H groups in total. The first-order chi connectivity index (χ1) is 13.8. The van der Waals surface area contributed by atoms with E-state index < -0.39 is 5.60 Å². The SMILES string of the molecule is CN(C)[C@]1(c2ccccc2)CC[C@]2(CC1)CN(CC#N)C(=O)N2CC1(O)CCC1. The molecule has 0 radical (unpaired) electrons. The molecule has 6 heteroatoms. The standard InChI is InChI=1S/C23H32N4O2/c1-25(2)23(19-7-4-3-5-8-19)13-11-21(12-14-23)17-26(16-15-24)20(28)27(21)18-22(29)9-6-10-22/h3-5,7-8,29H,6,9-14,16-18H2,1-2H3/t21-,23+. The molecule has 1 spiro atoms. The van der Waals surface area contributed by atoms with Gasteiger partial charge in [0.15, 0.2) is 0 Å². The van der Waals surface area contributed by atoms with E-state index in [1.54, 1.807) is 4.90 Å². The summed E-state index contributed by atoms with van der Waals surface area (Å²) in [5, 5.41) is 20.0. The van der Waals surface area contributed by atoms with Crippen LogP contribution in [0.25, 0.3) is 0 Å². The van der Waals surface area contributed by atoms with E-state index in [0.717, 1.165) is 44.9 Å². The van der Waals surface area contributed by atoms with Gasteiger partial charge in [0.25, 0.3) is 0 Å². The minimum Gasteiger partial charge on any atom is -0.388 e. The maximum Gasteiger partial charge on any atom is 0.321 e. The summed E-state index contributed by atoms with van der Waals surface area (Å²) in [4.78, 5) is 19.1. The summed E-state index contributed by atoms with van der Waals surface area (Å²) >= 11 is 0. The first-order valence-electron chi connectivity index (χ1n) is 10.7. The van der Waals surface area contributed by atoms with Crippen molar-refractivity contribution in [3.63, 3.8) is 0 Å². The molecule has 2 amide bonds. The molecule has 2 saturated carbocycles. The number of carbonyl (C=O) groups excluding carboxylic acids is 1. The number of urea groups is 1. The molecular weight excluding hydrogens is 364 g/mol. The van der Waals surface area contributed by atoms with Crippen LogP contribution in [0.2, 0.25) is 0 Å². The van der Waals surface area contributed by atoms with Gasteiger partial charge in [-0.25, -0.2) is 4.79 Å². The molecule has 156 valence electrons. The number of hydrogen-bond acceptors (Lipinski definition) is 4. The van der Waals surface area contributed by atoms with Crippen LogP contribution in [-0.4, -0.2) is 70.7 Å². The molecule has 6 nitrogen and oxygen atoms in total. The third kappa shape index (κ3) is 3.31. The lowest BCUT2D eigenvalue weighted by atomic mass is 9.67. The Morgan fingerprint density at radius 1 is 1.10 bits per heavy atom. The number of nitriles is 1. The summed E-state index contributed by atoms with van der Waals surface area (Å²) in [6.45, 7) is 1.11. The second kappa shape index (κ2) is 7.30. The van der Waals surface area contributed by atoms with Gasteiger partial charge in [0.2, 0.25) is 0 Å². The molecule has 3 fully saturated rings. The van der Waals surface area contributed by atoms with E-state index in [-0.39, 0.29) is 23.7 Å². The fraction of sp³-hybridized carbons (Fsp3) is 0.652. The molecule has 0 aromatic heterocycles. The molecule has 4 rings (SSSR count). The Hall–Kier alpha value is -2.10. The van der Waals surface area contributed by atoms with Crippen molar-refractivity contribution in [2.75, 3.05) is 33.7 Å². The highest BCUT2D eigenvalue weighted by atomic mass is 16.3. The smallest absolute Gasteiger partial charge is 0.321 e. The Balaban J connectivity index is 1.61. The zero-order chi connectivity index (χ0) is 20.7. The van der Waals surface area contributed by atoms with Gasteiger partial charge < -0.3 is 14.9 Å². The van der Waals surface area contributed by atoms with Gasteiger partial charge in [-0.2, -0.15) is 5.26 Å². The minimum absolute atomic E-state index is 0.0444. The highest BCUT2D eigenvalue weighted by molar-refractivity contribution is 5.78. The number of benzene rings is 1. The maximum absolute atomic E-state index is 13.1. The molecule has 1 aromatic rings. The van der Waals surface area contributed by atoms with Crippen molar-refractivity contribution in [3.05, 3.63) is 35.9 Å². The normalized spacial score (nSPS) is 31.2. The maximum atomic E-state index is 13.1. The van der Waals surface area contributed by atoms with Crippen molar-refractivity contribution in [1.29, 1.82) is 5.26 Å². The Kier molecular flexibility index (Phi) is 5.08. The molecule has 0 bridgehead atoms. The van der Waals surface area contributed by atoms with Crippen molar-refractivity contribution >= 4 is 6.03 Å². The lowest BCUT2D eigenvalue weighted by Gasteiger charge is -2.52. The first-order valence-corrected chi connectivity index (χ1v) is 10.7. The van der Waals surface area contributed by atoms with Crippen molar-refractivity contribution in [2.45, 2.75) is 61.6 Å². The Morgan fingerprint density at radius 3 is 2.28 bits per heavy atom. The van der Waals surface area contributed by atoms with Crippen LogP contribution in [0.15, 0.2) is 30.3 Å². The average Bonchev–Trinajstić information content (AvgIpc) is 2.94. The Bertz CT molecular complexity index is 789. The van der Waals surface area contributed by atoms with Gasteiger partial charge in [0, 0.05) is 12.1 Å². The molecular formula is C23H32N4O2. The second-order valence-electron chi connectivity index (χ2n) is 9.48. The summed E-state index contributed by atoms with van der Waals surface area (Å²) in [6, 6.07) is 12.7. The van der Waals surface area contributed by atoms with E-state index in [2.05, 4.69) is 49.3 Å². The van der Waals surface area contributed by atoms with Gasteiger partial charge in [0.1, 0.15) is 6.54 Å². The van der Waals surface area contributed by atoms with E-state index in [0.29, 0.717) is 13.1 Å². The number of aliphatic hydroxyl groups is 1. The van der Waals surface area contributed by atoms with E-state index in [4.69, 9.17) is 0 Å². The van der Waals surface area contributed by atoms with Gasteiger partial charge in [-0.05, 0) is 64.6 Å². The number of carbonyl (C=O) groups is 1.